The molecule has 0 radical (unpaired) electrons. The zero-order chi connectivity index (χ0) is 12.3. The molecule has 1 saturated heterocycles. The van der Waals surface area contributed by atoms with Gasteiger partial charge in [-0.15, -0.1) is 5.54 Å². The maximum Gasteiger partial charge on any atom is 0.150 e. The standard InChI is InChI=1S/C13H20N2OSi/c1-17(2,3)9-7-12-10-14-15(11-12)13-6-4-5-8-16-13/h10-11,13H,4-6,8H2,1-3H3. The lowest BCUT2D eigenvalue weighted by Gasteiger charge is -2.22. The molecule has 1 fully saturated rings. The number of hydrogen-bond donors (Lipinski definition) is 0. The second-order valence-electron chi connectivity index (χ2n) is 5.53. The van der Waals surface area contributed by atoms with Crippen molar-refractivity contribution in [3.63, 3.8) is 0 Å². The Kier molecular flexibility index (Phi) is 3.70. The highest BCUT2D eigenvalue weighted by Gasteiger charge is 2.16. The van der Waals surface area contributed by atoms with Gasteiger partial charge in [0.05, 0.1) is 11.8 Å². The Balaban J connectivity index is 2.07. The lowest BCUT2D eigenvalue weighted by atomic mass is 10.2. The van der Waals surface area contributed by atoms with Crippen molar-refractivity contribution in [2.45, 2.75) is 45.1 Å². The van der Waals surface area contributed by atoms with Gasteiger partial charge in [-0.25, -0.2) is 4.68 Å². The van der Waals surface area contributed by atoms with E-state index in [1.807, 2.05) is 17.1 Å². The Morgan fingerprint density at radius 1 is 1.41 bits per heavy atom. The molecule has 0 amide bonds. The molecule has 0 N–H and O–H groups in total. The molecule has 0 bridgehead atoms. The number of nitrogens with zero attached hydrogens (tertiary/aromatic N) is 2. The summed E-state index contributed by atoms with van der Waals surface area (Å²) < 4.78 is 7.59. The molecule has 0 aromatic carbocycles. The van der Waals surface area contributed by atoms with Crippen molar-refractivity contribution < 1.29 is 4.74 Å². The van der Waals surface area contributed by atoms with Gasteiger partial charge in [0, 0.05) is 12.8 Å². The summed E-state index contributed by atoms with van der Waals surface area (Å²) in [5.74, 6) is 3.22. The maximum absolute atomic E-state index is 5.68. The summed E-state index contributed by atoms with van der Waals surface area (Å²) in [7, 11) is -1.30. The van der Waals surface area contributed by atoms with E-state index in [1.54, 1.807) is 0 Å². The van der Waals surface area contributed by atoms with Gasteiger partial charge in [-0.2, -0.15) is 5.10 Å². The third-order valence-electron chi connectivity index (χ3n) is 2.63. The molecule has 0 spiro atoms. The normalized spacial score (nSPS) is 20.8. The largest absolute Gasteiger partial charge is 0.357 e. The summed E-state index contributed by atoms with van der Waals surface area (Å²) in [6.07, 6.45) is 7.41. The monoisotopic (exact) mass is 248 g/mol. The molecule has 1 aromatic heterocycles. The molecular weight excluding hydrogens is 228 g/mol. The highest BCUT2D eigenvalue weighted by Crippen LogP contribution is 2.21. The Hall–Kier alpha value is -1.05. The van der Waals surface area contributed by atoms with E-state index < -0.39 is 8.07 Å². The maximum atomic E-state index is 5.68. The van der Waals surface area contributed by atoms with Gasteiger partial charge >= 0.3 is 0 Å². The quantitative estimate of drug-likeness (QED) is 0.564. The fourth-order valence-corrected chi connectivity index (χ4v) is 2.27. The van der Waals surface area contributed by atoms with Gasteiger partial charge in [-0.05, 0) is 19.3 Å². The van der Waals surface area contributed by atoms with Crippen LogP contribution in [0.4, 0.5) is 0 Å². The van der Waals surface area contributed by atoms with Gasteiger partial charge in [-0.3, -0.25) is 0 Å². The van der Waals surface area contributed by atoms with Crippen molar-refractivity contribution in [3.8, 4) is 11.5 Å². The zero-order valence-corrected chi connectivity index (χ0v) is 11.9. The van der Waals surface area contributed by atoms with Crippen molar-refractivity contribution in [2.24, 2.45) is 0 Å². The van der Waals surface area contributed by atoms with Crippen molar-refractivity contribution >= 4 is 8.07 Å². The fourth-order valence-electron chi connectivity index (χ4n) is 1.75. The number of aromatic nitrogens is 2. The second kappa shape index (κ2) is 5.07. The van der Waals surface area contributed by atoms with Gasteiger partial charge < -0.3 is 4.74 Å². The number of ether oxygens (including phenoxy) is 1. The van der Waals surface area contributed by atoms with Gasteiger partial charge in [-0.1, -0.05) is 25.6 Å². The summed E-state index contributed by atoms with van der Waals surface area (Å²) in [6, 6.07) is 0. The third kappa shape index (κ3) is 3.72. The predicted molar refractivity (Wildman–Crippen MR) is 71.3 cm³/mol. The summed E-state index contributed by atoms with van der Waals surface area (Å²) in [4.78, 5) is 0. The molecule has 1 aliphatic heterocycles. The minimum Gasteiger partial charge on any atom is -0.357 e. The molecule has 92 valence electrons. The molecule has 3 nitrogen and oxygen atoms in total. The first-order chi connectivity index (χ1) is 8.04. The van der Waals surface area contributed by atoms with Crippen LogP contribution in [0.15, 0.2) is 12.4 Å². The predicted octanol–water partition coefficient (Wildman–Crippen LogP) is 2.81. The van der Waals surface area contributed by atoms with Gasteiger partial charge in [0.15, 0.2) is 0 Å². The van der Waals surface area contributed by atoms with Gasteiger partial charge in [0.25, 0.3) is 0 Å². The highest BCUT2D eigenvalue weighted by molar-refractivity contribution is 6.83. The minimum absolute atomic E-state index is 0.117. The second-order valence-corrected chi connectivity index (χ2v) is 10.3. The van der Waals surface area contributed by atoms with Crippen LogP contribution in [0.25, 0.3) is 0 Å². The topological polar surface area (TPSA) is 27.1 Å². The van der Waals surface area contributed by atoms with Crippen molar-refractivity contribution in [3.05, 3.63) is 18.0 Å². The van der Waals surface area contributed by atoms with Gasteiger partial charge in [0.2, 0.25) is 0 Å². The molecule has 2 rings (SSSR count). The molecule has 1 atom stereocenters. The summed E-state index contributed by atoms with van der Waals surface area (Å²) >= 11 is 0. The average Bonchev–Trinajstić information content (AvgIpc) is 2.75. The fraction of sp³-hybridized carbons (Fsp3) is 0.615. The molecule has 0 aliphatic carbocycles. The van der Waals surface area contributed by atoms with Crippen molar-refractivity contribution in [2.75, 3.05) is 6.61 Å². The van der Waals surface area contributed by atoms with Crippen LogP contribution in [0.2, 0.25) is 19.6 Å². The number of rotatable bonds is 1. The lowest BCUT2D eigenvalue weighted by molar-refractivity contribution is -0.0394. The Labute approximate surface area is 104 Å². The van der Waals surface area contributed by atoms with Gasteiger partial charge in [0.1, 0.15) is 14.3 Å². The third-order valence-corrected chi connectivity index (χ3v) is 3.51. The van der Waals surface area contributed by atoms with E-state index in [9.17, 15) is 0 Å². The first kappa shape index (κ1) is 12.4. The Morgan fingerprint density at radius 3 is 2.88 bits per heavy atom. The van der Waals surface area contributed by atoms with E-state index in [4.69, 9.17) is 4.74 Å². The zero-order valence-electron chi connectivity index (χ0n) is 10.9. The van der Waals surface area contributed by atoms with E-state index in [1.165, 1.54) is 12.8 Å². The molecule has 4 heteroatoms. The molecule has 2 heterocycles. The van der Waals surface area contributed by atoms with Crippen LogP contribution >= 0.6 is 0 Å². The van der Waals surface area contributed by atoms with E-state index in [-0.39, 0.29) is 6.23 Å². The van der Waals surface area contributed by atoms with Crippen LogP contribution in [0.1, 0.15) is 31.1 Å². The number of hydrogen-bond acceptors (Lipinski definition) is 2. The summed E-state index contributed by atoms with van der Waals surface area (Å²) in [5.41, 5.74) is 4.35. The first-order valence-electron chi connectivity index (χ1n) is 6.23. The van der Waals surface area contributed by atoms with Crippen LogP contribution < -0.4 is 0 Å². The molecule has 1 aromatic rings. The molecule has 1 aliphatic rings. The molecule has 1 unspecified atom stereocenters. The lowest BCUT2D eigenvalue weighted by Crippen LogP contribution is -2.18. The summed E-state index contributed by atoms with van der Waals surface area (Å²) in [6.45, 7) is 7.58. The molecule has 0 saturated carbocycles. The molecule has 17 heavy (non-hydrogen) atoms. The first-order valence-corrected chi connectivity index (χ1v) is 9.73. The van der Waals surface area contributed by atoms with Crippen LogP contribution in [0.3, 0.4) is 0 Å². The average molecular weight is 248 g/mol. The summed E-state index contributed by atoms with van der Waals surface area (Å²) in [5, 5.41) is 4.35. The smallest absolute Gasteiger partial charge is 0.150 e. The van der Waals surface area contributed by atoms with E-state index >= 15 is 0 Å². The van der Waals surface area contributed by atoms with Crippen molar-refractivity contribution in [1.82, 2.24) is 9.78 Å². The minimum atomic E-state index is -1.30. The molecular formula is C13H20N2OSi. The Bertz CT molecular complexity index is 430. The highest BCUT2D eigenvalue weighted by atomic mass is 28.3. The van der Waals surface area contributed by atoms with E-state index in [2.05, 4.69) is 36.2 Å². The van der Waals surface area contributed by atoms with E-state index in [0.717, 1.165) is 18.6 Å². The van der Waals surface area contributed by atoms with Crippen LogP contribution in [-0.4, -0.2) is 24.5 Å². The Morgan fingerprint density at radius 2 is 2.24 bits per heavy atom. The van der Waals surface area contributed by atoms with Crippen molar-refractivity contribution in [1.29, 1.82) is 0 Å². The van der Waals surface area contributed by atoms with Crippen LogP contribution in [0.5, 0.6) is 0 Å². The van der Waals surface area contributed by atoms with Crippen LogP contribution in [0, 0.1) is 11.5 Å². The SMILES string of the molecule is C[Si](C)(C)C#Cc1cnn(C2CCCCO2)c1. The van der Waals surface area contributed by atoms with Crippen LogP contribution in [-0.2, 0) is 4.74 Å². The van der Waals surface area contributed by atoms with E-state index in [0.29, 0.717) is 0 Å².